The molecule has 2 aromatic carbocycles. The topological polar surface area (TPSA) is 42.9 Å². The number of guanidine groups is 1. The second-order valence-corrected chi connectivity index (χ2v) is 7.89. The monoisotopic (exact) mass is 379 g/mol. The van der Waals surface area contributed by atoms with Gasteiger partial charge in [-0.05, 0) is 50.7 Å². The van der Waals surface area contributed by atoms with Crippen LogP contribution in [0.4, 0.5) is 5.69 Å². The average Bonchev–Trinajstić information content (AvgIpc) is 3.15. The fraction of sp³-hybridized carbons (Fsp3) is 0.435. The van der Waals surface area contributed by atoms with Crippen LogP contribution in [0.25, 0.3) is 0 Å². The second kappa shape index (κ2) is 9.60. The molecule has 0 radical (unpaired) electrons. The van der Waals surface area contributed by atoms with Crippen LogP contribution in [-0.4, -0.2) is 51.1 Å². The van der Waals surface area contributed by atoms with E-state index in [1.165, 1.54) is 22.4 Å². The van der Waals surface area contributed by atoms with Gasteiger partial charge in [-0.2, -0.15) is 0 Å². The molecule has 0 bridgehead atoms. The maximum atomic E-state index is 4.40. The lowest BCUT2D eigenvalue weighted by Crippen LogP contribution is -2.44. The standard InChI is InChI=1S/C23H33N5/c1-18-5-11-22(12-6-18)28-14-13-21(17-28)26-23(24-2)25-15-19-7-9-20(10-8-19)16-27(3)4/h5-12,21H,13-17H2,1-4H3,(H2,24,25,26). The fourth-order valence-corrected chi connectivity index (χ4v) is 3.57. The number of nitrogens with one attached hydrogen (secondary N) is 2. The minimum atomic E-state index is 0.412. The zero-order valence-electron chi connectivity index (χ0n) is 17.6. The first-order valence-electron chi connectivity index (χ1n) is 10.0. The predicted octanol–water partition coefficient (Wildman–Crippen LogP) is 3.00. The molecule has 2 N–H and O–H groups in total. The minimum absolute atomic E-state index is 0.412. The van der Waals surface area contributed by atoms with Gasteiger partial charge >= 0.3 is 0 Å². The summed E-state index contributed by atoms with van der Waals surface area (Å²) in [7, 11) is 6.02. The van der Waals surface area contributed by atoms with Gasteiger partial charge in [0.15, 0.2) is 5.96 Å². The Kier molecular flexibility index (Phi) is 6.93. The summed E-state index contributed by atoms with van der Waals surface area (Å²) in [6, 6.07) is 18.0. The van der Waals surface area contributed by atoms with Gasteiger partial charge in [0.25, 0.3) is 0 Å². The van der Waals surface area contributed by atoms with Crippen LogP contribution in [0.3, 0.4) is 0 Å². The van der Waals surface area contributed by atoms with Crippen molar-refractivity contribution in [2.75, 3.05) is 39.1 Å². The molecule has 0 aliphatic carbocycles. The van der Waals surface area contributed by atoms with Crippen LogP contribution in [0.1, 0.15) is 23.1 Å². The summed E-state index contributed by atoms with van der Waals surface area (Å²) in [6.45, 7) is 5.95. The molecule has 1 aliphatic heterocycles. The summed E-state index contributed by atoms with van der Waals surface area (Å²) in [5.41, 5.74) is 5.20. The van der Waals surface area contributed by atoms with Crippen molar-refractivity contribution in [3.05, 3.63) is 65.2 Å². The van der Waals surface area contributed by atoms with E-state index in [1.807, 2.05) is 7.05 Å². The average molecular weight is 380 g/mol. The molecule has 2 aromatic rings. The van der Waals surface area contributed by atoms with Crippen molar-refractivity contribution in [1.29, 1.82) is 0 Å². The molecular weight excluding hydrogens is 346 g/mol. The number of hydrogen-bond donors (Lipinski definition) is 2. The summed E-state index contributed by atoms with van der Waals surface area (Å²) in [5, 5.41) is 7.02. The summed E-state index contributed by atoms with van der Waals surface area (Å²) in [4.78, 5) is 9.02. The molecule has 150 valence electrons. The van der Waals surface area contributed by atoms with Crippen molar-refractivity contribution < 1.29 is 0 Å². The van der Waals surface area contributed by atoms with Gasteiger partial charge in [0.05, 0.1) is 0 Å². The maximum absolute atomic E-state index is 4.40. The molecule has 5 nitrogen and oxygen atoms in total. The zero-order valence-corrected chi connectivity index (χ0v) is 17.6. The molecular formula is C23H33N5. The van der Waals surface area contributed by atoms with Gasteiger partial charge in [0.1, 0.15) is 0 Å². The molecule has 0 spiro atoms. The van der Waals surface area contributed by atoms with Crippen LogP contribution in [0.15, 0.2) is 53.5 Å². The van der Waals surface area contributed by atoms with Crippen LogP contribution in [0.5, 0.6) is 0 Å². The number of aryl methyl sites for hydroxylation is 1. The highest BCUT2D eigenvalue weighted by atomic mass is 15.2. The zero-order chi connectivity index (χ0) is 19.9. The molecule has 0 saturated carbocycles. The van der Waals surface area contributed by atoms with E-state index in [0.29, 0.717) is 6.04 Å². The Morgan fingerprint density at radius 2 is 1.75 bits per heavy atom. The smallest absolute Gasteiger partial charge is 0.191 e. The highest BCUT2D eigenvalue weighted by Gasteiger charge is 2.23. The molecule has 28 heavy (non-hydrogen) atoms. The number of rotatable bonds is 6. The third-order valence-electron chi connectivity index (χ3n) is 5.13. The van der Waals surface area contributed by atoms with Gasteiger partial charge in [-0.25, -0.2) is 0 Å². The van der Waals surface area contributed by atoms with Crippen molar-refractivity contribution in [3.63, 3.8) is 0 Å². The summed E-state index contributed by atoms with van der Waals surface area (Å²) in [6.07, 6.45) is 1.12. The van der Waals surface area contributed by atoms with Crippen LogP contribution in [0, 0.1) is 6.92 Å². The highest BCUT2D eigenvalue weighted by molar-refractivity contribution is 5.80. The number of hydrogen-bond acceptors (Lipinski definition) is 3. The number of benzene rings is 2. The van der Waals surface area contributed by atoms with Gasteiger partial charge in [-0.1, -0.05) is 42.0 Å². The molecule has 5 heteroatoms. The quantitative estimate of drug-likeness (QED) is 0.598. The van der Waals surface area contributed by atoms with Crippen molar-refractivity contribution in [1.82, 2.24) is 15.5 Å². The Morgan fingerprint density at radius 1 is 1.07 bits per heavy atom. The van der Waals surface area contributed by atoms with Gasteiger partial charge in [-0.15, -0.1) is 0 Å². The molecule has 1 saturated heterocycles. The summed E-state index contributed by atoms with van der Waals surface area (Å²) >= 11 is 0. The first-order chi connectivity index (χ1) is 13.5. The Labute approximate surface area is 169 Å². The van der Waals surface area contributed by atoms with Crippen molar-refractivity contribution in [2.24, 2.45) is 4.99 Å². The molecule has 1 heterocycles. The molecule has 3 rings (SSSR count). The van der Waals surface area contributed by atoms with Crippen molar-refractivity contribution >= 4 is 11.6 Å². The third kappa shape index (κ3) is 5.73. The summed E-state index contributed by atoms with van der Waals surface area (Å²) in [5.74, 6) is 0.869. The number of aliphatic imine (C=N–C) groups is 1. The van der Waals surface area contributed by atoms with E-state index in [4.69, 9.17) is 0 Å². The van der Waals surface area contributed by atoms with E-state index in [9.17, 15) is 0 Å². The van der Waals surface area contributed by atoms with E-state index >= 15 is 0 Å². The number of anilines is 1. The number of nitrogens with zero attached hydrogens (tertiary/aromatic N) is 3. The molecule has 1 atom stereocenters. The molecule has 1 unspecified atom stereocenters. The lowest BCUT2D eigenvalue weighted by atomic mass is 10.1. The first kappa shape index (κ1) is 20.2. The van der Waals surface area contributed by atoms with E-state index in [-0.39, 0.29) is 0 Å². The SMILES string of the molecule is CN=C(NCc1ccc(CN(C)C)cc1)NC1CCN(c2ccc(C)cc2)C1. The lowest BCUT2D eigenvalue weighted by molar-refractivity contribution is 0.402. The van der Waals surface area contributed by atoms with E-state index in [1.54, 1.807) is 0 Å². The van der Waals surface area contributed by atoms with Crippen LogP contribution in [0.2, 0.25) is 0 Å². The van der Waals surface area contributed by atoms with Gasteiger partial charge in [0.2, 0.25) is 0 Å². The molecule has 0 amide bonds. The normalized spacial score (nSPS) is 17.2. The Balaban J connectivity index is 1.47. The Hall–Kier alpha value is -2.53. The van der Waals surface area contributed by atoms with Crippen LogP contribution in [-0.2, 0) is 13.1 Å². The van der Waals surface area contributed by atoms with Gasteiger partial charge in [-0.3, -0.25) is 4.99 Å². The predicted molar refractivity (Wildman–Crippen MR) is 119 cm³/mol. The summed E-state index contributed by atoms with van der Waals surface area (Å²) < 4.78 is 0. The lowest BCUT2D eigenvalue weighted by Gasteiger charge is -2.20. The molecule has 0 aromatic heterocycles. The van der Waals surface area contributed by atoms with Crippen molar-refractivity contribution in [2.45, 2.75) is 32.5 Å². The Morgan fingerprint density at radius 3 is 2.39 bits per heavy atom. The fourth-order valence-electron chi connectivity index (χ4n) is 3.57. The maximum Gasteiger partial charge on any atom is 0.191 e. The van der Waals surface area contributed by atoms with Crippen LogP contribution >= 0.6 is 0 Å². The Bertz CT molecular complexity index is 765. The first-order valence-corrected chi connectivity index (χ1v) is 10.0. The highest BCUT2D eigenvalue weighted by Crippen LogP contribution is 2.20. The van der Waals surface area contributed by atoms with Gasteiger partial charge in [0, 0.05) is 45.0 Å². The van der Waals surface area contributed by atoms with Crippen molar-refractivity contribution in [3.8, 4) is 0 Å². The molecule has 1 aliphatic rings. The third-order valence-corrected chi connectivity index (χ3v) is 5.13. The van der Waals surface area contributed by atoms with E-state index in [2.05, 4.69) is 95.0 Å². The largest absolute Gasteiger partial charge is 0.369 e. The second-order valence-electron chi connectivity index (χ2n) is 7.89. The molecule has 1 fully saturated rings. The van der Waals surface area contributed by atoms with E-state index < -0.39 is 0 Å². The van der Waals surface area contributed by atoms with E-state index in [0.717, 1.165) is 38.6 Å². The minimum Gasteiger partial charge on any atom is -0.369 e. The van der Waals surface area contributed by atoms with Crippen LogP contribution < -0.4 is 15.5 Å². The van der Waals surface area contributed by atoms with Gasteiger partial charge < -0.3 is 20.4 Å².